The second-order valence-electron chi connectivity index (χ2n) is 8.07. The Kier molecular flexibility index (Phi) is 6.41. The fourth-order valence-corrected chi connectivity index (χ4v) is 5.05. The van der Waals surface area contributed by atoms with Crippen LogP contribution in [0.3, 0.4) is 0 Å². The van der Waals surface area contributed by atoms with Gasteiger partial charge in [-0.25, -0.2) is 4.79 Å². The molecule has 3 fully saturated rings. The van der Waals surface area contributed by atoms with Crippen LogP contribution in [0.2, 0.25) is 0 Å². The third-order valence-electron chi connectivity index (χ3n) is 5.95. The summed E-state index contributed by atoms with van der Waals surface area (Å²) >= 11 is 0.832. The van der Waals surface area contributed by atoms with Gasteiger partial charge in [0.05, 0.1) is 12.0 Å². The maximum Gasteiger partial charge on any atom is 0.325 e. The molecular weight excluding hydrogens is 448 g/mol. The summed E-state index contributed by atoms with van der Waals surface area (Å²) in [6.07, 6.45) is 4.50. The van der Waals surface area contributed by atoms with Crippen molar-refractivity contribution >= 4 is 46.8 Å². The number of thioether (sulfide) groups is 1. The van der Waals surface area contributed by atoms with Gasteiger partial charge in [0.25, 0.3) is 17.1 Å². The summed E-state index contributed by atoms with van der Waals surface area (Å²) in [7, 11) is 1.56. The molecule has 0 atom stereocenters. The van der Waals surface area contributed by atoms with Gasteiger partial charge in [0, 0.05) is 13.1 Å². The van der Waals surface area contributed by atoms with Crippen molar-refractivity contribution in [2.24, 2.45) is 0 Å². The molecule has 6 amide bonds. The van der Waals surface area contributed by atoms with E-state index >= 15 is 0 Å². The Hall–Kier alpha value is -3.34. The molecule has 33 heavy (non-hydrogen) atoms. The molecule has 10 nitrogen and oxygen atoms in total. The van der Waals surface area contributed by atoms with E-state index in [-0.39, 0.29) is 23.9 Å². The highest BCUT2D eigenvalue weighted by atomic mass is 32.2. The molecule has 1 aliphatic carbocycles. The van der Waals surface area contributed by atoms with Gasteiger partial charge in [-0.15, -0.1) is 0 Å². The number of carbonyl (C=O) groups excluding carboxylic acids is 5. The lowest BCUT2D eigenvalue weighted by atomic mass is 9.98. The molecule has 2 heterocycles. The molecule has 3 aliphatic rings. The molecule has 2 aliphatic heterocycles. The van der Waals surface area contributed by atoms with E-state index in [0.29, 0.717) is 18.6 Å². The van der Waals surface area contributed by atoms with Crippen LogP contribution in [-0.2, 0) is 14.4 Å². The fourth-order valence-electron chi connectivity index (χ4n) is 4.19. The van der Waals surface area contributed by atoms with E-state index in [2.05, 4.69) is 10.6 Å². The number of amides is 6. The van der Waals surface area contributed by atoms with Crippen molar-refractivity contribution in [1.29, 1.82) is 0 Å². The summed E-state index contributed by atoms with van der Waals surface area (Å²) in [5.41, 5.74) is -0.113. The van der Waals surface area contributed by atoms with Crippen LogP contribution in [0.5, 0.6) is 5.75 Å². The minimum absolute atomic E-state index is 0.0135. The number of nitrogens with one attached hydrogen (secondary N) is 2. The quantitative estimate of drug-likeness (QED) is 0.457. The third-order valence-corrected chi connectivity index (χ3v) is 6.86. The molecule has 0 unspecified atom stereocenters. The maximum atomic E-state index is 12.6. The van der Waals surface area contributed by atoms with Crippen LogP contribution in [0.25, 0.3) is 6.08 Å². The Balaban J connectivity index is 1.28. The lowest BCUT2D eigenvalue weighted by Gasteiger charge is -2.20. The van der Waals surface area contributed by atoms with Crippen LogP contribution in [0.4, 0.5) is 9.59 Å². The van der Waals surface area contributed by atoms with E-state index < -0.39 is 35.2 Å². The van der Waals surface area contributed by atoms with Gasteiger partial charge in [-0.2, -0.15) is 0 Å². The molecular formula is C22H24N4O6S. The minimum Gasteiger partial charge on any atom is -0.497 e. The zero-order valence-electron chi connectivity index (χ0n) is 18.1. The zero-order chi connectivity index (χ0) is 23.6. The topological polar surface area (TPSA) is 125 Å². The summed E-state index contributed by atoms with van der Waals surface area (Å²) in [5, 5.41) is 4.87. The van der Waals surface area contributed by atoms with Gasteiger partial charge in [-0.3, -0.25) is 29.0 Å². The standard InChI is InChI=1S/C22H24N4O6S/c1-32-15-6-4-14(5-7-15)12-16-18(28)25(21(31)33-16)11-10-23-17(27)13-26-19(29)22(24-20(26)30)8-2-3-9-22/h4-7,12H,2-3,8-11,13H2,1H3,(H,23,27)(H,24,30)/b16-12+. The van der Waals surface area contributed by atoms with Gasteiger partial charge in [0.1, 0.15) is 17.8 Å². The fraction of sp³-hybridized carbons (Fsp3) is 0.409. The Bertz CT molecular complexity index is 1030. The second kappa shape index (κ2) is 9.26. The van der Waals surface area contributed by atoms with Crippen molar-refractivity contribution in [2.75, 3.05) is 26.7 Å². The number of hydrogen-bond donors (Lipinski definition) is 2. The first kappa shape index (κ1) is 22.8. The summed E-state index contributed by atoms with van der Waals surface area (Å²) in [5.74, 6) is -0.654. The van der Waals surface area contributed by atoms with Crippen molar-refractivity contribution in [1.82, 2.24) is 20.4 Å². The smallest absolute Gasteiger partial charge is 0.325 e. The number of rotatable bonds is 7. The first-order valence-electron chi connectivity index (χ1n) is 10.6. The van der Waals surface area contributed by atoms with Crippen molar-refractivity contribution in [3.8, 4) is 5.75 Å². The van der Waals surface area contributed by atoms with Crippen molar-refractivity contribution in [3.05, 3.63) is 34.7 Å². The van der Waals surface area contributed by atoms with Gasteiger partial charge in [-0.05, 0) is 48.4 Å². The van der Waals surface area contributed by atoms with E-state index in [4.69, 9.17) is 4.74 Å². The first-order chi connectivity index (χ1) is 15.8. The van der Waals surface area contributed by atoms with Crippen LogP contribution >= 0.6 is 11.8 Å². The molecule has 174 valence electrons. The molecule has 1 aromatic carbocycles. The average Bonchev–Trinajstić information content (AvgIpc) is 3.44. The number of urea groups is 1. The zero-order valence-corrected chi connectivity index (χ0v) is 18.9. The molecule has 1 saturated carbocycles. The van der Waals surface area contributed by atoms with Gasteiger partial charge >= 0.3 is 6.03 Å². The number of ether oxygens (including phenoxy) is 1. The van der Waals surface area contributed by atoms with Crippen molar-refractivity contribution < 1.29 is 28.7 Å². The van der Waals surface area contributed by atoms with Gasteiger partial charge in [0.2, 0.25) is 5.91 Å². The Morgan fingerprint density at radius 2 is 1.85 bits per heavy atom. The van der Waals surface area contributed by atoms with Crippen LogP contribution in [-0.4, -0.2) is 71.1 Å². The number of hydrogen-bond acceptors (Lipinski definition) is 7. The summed E-state index contributed by atoms with van der Waals surface area (Å²) in [6.45, 7) is -0.395. The summed E-state index contributed by atoms with van der Waals surface area (Å²) < 4.78 is 5.10. The number of nitrogens with zero attached hydrogens (tertiary/aromatic N) is 2. The normalized spacial score (nSPS) is 20.8. The van der Waals surface area contributed by atoms with Gasteiger partial charge in [-0.1, -0.05) is 25.0 Å². The molecule has 2 saturated heterocycles. The molecule has 11 heteroatoms. The molecule has 1 aromatic rings. The lowest BCUT2D eigenvalue weighted by Crippen LogP contribution is -2.46. The number of imide groups is 2. The Morgan fingerprint density at radius 3 is 2.52 bits per heavy atom. The minimum atomic E-state index is -0.865. The molecule has 0 bridgehead atoms. The Morgan fingerprint density at radius 1 is 1.15 bits per heavy atom. The van der Waals surface area contributed by atoms with E-state index in [1.165, 1.54) is 0 Å². The third kappa shape index (κ3) is 4.58. The summed E-state index contributed by atoms with van der Waals surface area (Å²) in [4.78, 5) is 64.2. The monoisotopic (exact) mass is 472 g/mol. The van der Waals surface area contributed by atoms with E-state index in [9.17, 15) is 24.0 Å². The first-order valence-corrected chi connectivity index (χ1v) is 11.4. The molecule has 2 N–H and O–H groups in total. The number of benzene rings is 1. The highest BCUT2D eigenvalue weighted by Gasteiger charge is 2.52. The average molecular weight is 473 g/mol. The van der Waals surface area contributed by atoms with Crippen molar-refractivity contribution in [2.45, 2.75) is 31.2 Å². The predicted octanol–water partition coefficient (Wildman–Crippen LogP) is 1.71. The van der Waals surface area contributed by atoms with Crippen molar-refractivity contribution in [3.63, 3.8) is 0 Å². The van der Waals surface area contributed by atoms with Crippen LogP contribution < -0.4 is 15.4 Å². The molecule has 0 aromatic heterocycles. The van der Waals surface area contributed by atoms with E-state index in [1.807, 2.05) is 0 Å². The maximum absolute atomic E-state index is 12.6. The molecule has 0 radical (unpaired) electrons. The van der Waals surface area contributed by atoms with Crippen LogP contribution in [0, 0.1) is 0 Å². The van der Waals surface area contributed by atoms with Gasteiger partial charge in [0.15, 0.2) is 0 Å². The van der Waals surface area contributed by atoms with Crippen LogP contribution in [0.15, 0.2) is 29.2 Å². The Labute approximate surface area is 194 Å². The number of carbonyl (C=O) groups is 5. The number of methoxy groups -OCH3 is 1. The SMILES string of the molecule is COc1ccc(/C=C2/SC(=O)N(CCNC(=O)CN3C(=O)NC4(CCCC4)C3=O)C2=O)cc1. The summed E-state index contributed by atoms with van der Waals surface area (Å²) in [6, 6.07) is 6.50. The van der Waals surface area contributed by atoms with Crippen LogP contribution in [0.1, 0.15) is 31.2 Å². The predicted molar refractivity (Wildman–Crippen MR) is 120 cm³/mol. The van der Waals surface area contributed by atoms with E-state index in [1.54, 1.807) is 37.5 Å². The highest BCUT2D eigenvalue weighted by Crippen LogP contribution is 2.35. The highest BCUT2D eigenvalue weighted by molar-refractivity contribution is 8.18. The molecule has 1 spiro atoms. The lowest BCUT2D eigenvalue weighted by molar-refractivity contribution is -0.134. The molecule has 4 rings (SSSR count). The largest absolute Gasteiger partial charge is 0.497 e. The second-order valence-corrected chi connectivity index (χ2v) is 9.06. The van der Waals surface area contributed by atoms with Gasteiger partial charge < -0.3 is 15.4 Å². The van der Waals surface area contributed by atoms with E-state index in [0.717, 1.165) is 40.0 Å².